The van der Waals surface area contributed by atoms with Gasteiger partial charge in [-0.05, 0) is 42.0 Å². The molecule has 0 bridgehead atoms. The molecule has 3 aromatic rings. The fourth-order valence-electron chi connectivity index (χ4n) is 3.92. The Kier molecular flexibility index (Phi) is 6.30. The lowest BCUT2D eigenvalue weighted by Crippen LogP contribution is -2.33. The van der Waals surface area contributed by atoms with Gasteiger partial charge in [-0.2, -0.15) is 5.10 Å². The standard InChI is InChI=1S/C24H24ClN5O4/c1-4-20(31)30-19(14-5-9-16(10-6-14)28(2)3)13-18(27-30)21-22(32)26-24(34)29(23(21)33)17-11-7-15(25)8-12-17/h5-12,19,33H,4,13H2,1-3H3,(H,26,32,34)/t19-/m0/s1. The highest BCUT2D eigenvalue weighted by Gasteiger charge is 2.35. The summed E-state index contributed by atoms with van der Waals surface area (Å²) < 4.78 is 0.973. The Morgan fingerprint density at radius 1 is 1.15 bits per heavy atom. The first kappa shape index (κ1) is 23.3. The van der Waals surface area contributed by atoms with E-state index in [0.29, 0.717) is 10.7 Å². The fraction of sp³-hybridized carbons (Fsp3) is 0.250. The van der Waals surface area contributed by atoms with Gasteiger partial charge in [0.1, 0.15) is 5.56 Å². The van der Waals surface area contributed by atoms with Gasteiger partial charge < -0.3 is 10.0 Å². The lowest BCUT2D eigenvalue weighted by molar-refractivity contribution is -0.132. The number of benzene rings is 2. The zero-order valence-electron chi connectivity index (χ0n) is 18.9. The Hall–Kier alpha value is -3.85. The molecule has 1 aliphatic heterocycles. The Morgan fingerprint density at radius 2 is 1.79 bits per heavy atom. The molecule has 1 atom stereocenters. The van der Waals surface area contributed by atoms with Crippen LogP contribution in [0.15, 0.2) is 63.2 Å². The topological polar surface area (TPSA) is 111 Å². The Bertz CT molecular complexity index is 1370. The molecule has 0 aliphatic carbocycles. The predicted octanol–water partition coefficient (Wildman–Crippen LogP) is 3.04. The van der Waals surface area contributed by atoms with Gasteiger partial charge in [0.25, 0.3) is 5.56 Å². The van der Waals surface area contributed by atoms with E-state index in [1.807, 2.05) is 43.3 Å². The number of hydrogen-bond acceptors (Lipinski definition) is 6. The number of carbonyl (C=O) groups excluding carboxylic acids is 1. The third-order valence-electron chi connectivity index (χ3n) is 5.72. The number of nitrogens with one attached hydrogen (secondary N) is 1. The Balaban J connectivity index is 1.80. The minimum absolute atomic E-state index is 0.157. The fourth-order valence-corrected chi connectivity index (χ4v) is 4.05. The first-order valence-corrected chi connectivity index (χ1v) is 11.1. The highest BCUT2D eigenvalue weighted by molar-refractivity contribution is 6.30. The molecule has 9 nitrogen and oxygen atoms in total. The van der Waals surface area contributed by atoms with Gasteiger partial charge in [0.2, 0.25) is 11.8 Å². The van der Waals surface area contributed by atoms with Gasteiger partial charge in [0.05, 0.1) is 17.4 Å². The number of hydrogen-bond donors (Lipinski definition) is 2. The molecule has 0 saturated heterocycles. The van der Waals surface area contributed by atoms with Crippen molar-refractivity contribution in [3.8, 4) is 11.6 Å². The van der Waals surface area contributed by atoms with Crippen molar-refractivity contribution in [2.75, 3.05) is 19.0 Å². The third-order valence-corrected chi connectivity index (χ3v) is 5.97. The van der Waals surface area contributed by atoms with Crippen molar-refractivity contribution in [3.63, 3.8) is 0 Å². The number of carbonyl (C=O) groups is 1. The van der Waals surface area contributed by atoms with Crippen molar-refractivity contribution in [2.45, 2.75) is 25.8 Å². The van der Waals surface area contributed by atoms with E-state index in [9.17, 15) is 19.5 Å². The zero-order valence-corrected chi connectivity index (χ0v) is 19.7. The van der Waals surface area contributed by atoms with Crippen LogP contribution in [0.25, 0.3) is 5.69 Å². The molecule has 0 fully saturated rings. The first-order valence-electron chi connectivity index (χ1n) is 10.7. The molecule has 1 aliphatic rings. The number of rotatable bonds is 5. The summed E-state index contributed by atoms with van der Waals surface area (Å²) in [4.78, 5) is 42.2. The molecule has 0 saturated carbocycles. The van der Waals surface area contributed by atoms with Crippen LogP contribution in [-0.4, -0.2) is 45.4 Å². The molecule has 2 N–H and O–H groups in total. The monoisotopic (exact) mass is 481 g/mol. The Labute approximate surface area is 200 Å². The van der Waals surface area contributed by atoms with E-state index in [0.717, 1.165) is 15.8 Å². The molecular weight excluding hydrogens is 458 g/mol. The van der Waals surface area contributed by atoms with Crippen molar-refractivity contribution < 1.29 is 9.90 Å². The number of aromatic amines is 1. The van der Waals surface area contributed by atoms with Crippen molar-refractivity contribution in [3.05, 3.63) is 85.5 Å². The van der Waals surface area contributed by atoms with E-state index in [4.69, 9.17) is 11.6 Å². The molecule has 0 unspecified atom stereocenters. The minimum atomic E-state index is -0.801. The van der Waals surface area contributed by atoms with Gasteiger partial charge >= 0.3 is 5.69 Å². The van der Waals surface area contributed by atoms with Gasteiger partial charge in [-0.3, -0.25) is 14.6 Å². The number of aromatic nitrogens is 2. The summed E-state index contributed by atoms with van der Waals surface area (Å²) in [6, 6.07) is 13.5. The van der Waals surface area contributed by atoms with E-state index >= 15 is 0 Å². The van der Waals surface area contributed by atoms with Crippen LogP contribution in [0, 0.1) is 0 Å². The maximum atomic E-state index is 12.8. The summed E-state index contributed by atoms with van der Waals surface area (Å²) >= 11 is 5.93. The second-order valence-electron chi connectivity index (χ2n) is 8.11. The largest absolute Gasteiger partial charge is 0.493 e. The molecule has 0 spiro atoms. The van der Waals surface area contributed by atoms with Crippen LogP contribution in [0.4, 0.5) is 5.69 Å². The first-order chi connectivity index (χ1) is 16.2. The van der Waals surface area contributed by atoms with Gasteiger partial charge in [-0.15, -0.1) is 0 Å². The number of aromatic hydroxyl groups is 1. The summed E-state index contributed by atoms with van der Waals surface area (Å²) in [5.74, 6) is -0.777. The third kappa shape index (κ3) is 4.22. The van der Waals surface area contributed by atoms with E-state index in [2.05, 4.69) is 10.1 Å². The van der Waals surface area contributed by atoms with Crippen LogP contribution in [0.3, 0.4) is 0 Å². The summed E-state index contributed by atoms with van der Waals surface area (Å²) in [6.07, 6.45) is 0.415. The summed E-state index contributed by atoms with van der Waals surface area (Å²) in [5, 5.41) is 17.2. The lowest BCUT2D eigenvalue weighted by Gasteiger charge is -2.22. The second kappa shape index (κ2) is 9.18. The summed E-state index contributed by atoms with van der Waals surface area (Å²) in [6.45, 7) is 1.73. The van der Waals surface area contributed by atoms with Crippen molar-refractivity contribution in [1.29, 1.82) is 0 Å². The molecule has 2 aromatic carbocycles. The van der Waals surface area contributed by atoms with Crippen molar-refractivity contribution in [2.24, 2.45) is 5.10 Å². The molecule has 34 heavy (non-hydrogen) atoms. The average molecular weight is 482 g/mol. The normalized spacial score (nSPS) is 15.4. The SMILES string of the molecule is CCC(=O)N1N=C(c2c(O)n(-c3ccc(Cl)cc3)c(=O)[nH]c2=O)C[C@H]1c1ccc(N(C)C)cc1. The van der Waals surface area contributed by atoms with Crippen molar-refractivity contribution >= 4 is 28.9 Å². The number of hydrazone groups is 1. The number of amides is 1. The quantitative estimate of drug-likeness (QED) is 0.582. The zero-order chi connectivity index (χ0) is 24.6. The molecule has 1 aromatic heterocycles. The van der Waals surface area contributed by atoms with E-state index < -0.39 is 23.2 Å². The highest BCUT2D eigenvalue weighted by Crippen LogP contribution is 2.35. The molecule has 0 radical (unpaired) electrons. The van der Waals surface area contributed by atoms with Gasteiger partial charge in [0, 0.05) is 37.6 Å². The molecule has 2 heterocycles. The van der Waals surface area contributed by atoms with Crippen LogP contribution in [0.2, 0.25) is 5.02 Å². The lowest BCUT2D eigenvalue weighted by atomic mass is 9.98. The smallest absolute Gasteiger partial charge is 0.335 e. The predicted molar refractivity (Wildman–Crippen MR) is 131 cm³/mol. The van der Waals surface area contributed by atoms with Crippen LogP contribution in [0.5, 0.6) is 5.88 Å². The average Bonchev–Trinajstić information content (AvgIpc) is 3.24. The van der Waals surface area contributed by atoms with Crippen molar-refractivity contribution in [1.82, 2.24) is 14.6 Å². The minimum Gasteiger partial charge on any atom is -0.493 e. The van der Waals surface area contributed by atoms with E-state index in [1.54, 1.807) is 31.2 Å². The summed E-state index contributed by atoms with van der Waals surface area (Å²) in [5.41, 5.74) is 0.637. The van der Waals surface area contributed by atoms with Gasteiger partial charge in [0.15, 0.2) is 0 Å². The van der Waals surface area contributed by atoms with Crippen LogP contribution < -0.4 is 16.1 Å². The summed E-state index contributed by atoms with van der Waals surface area (Å²) in [7, 11) is 3.87. The number of nitrogens with zero attached hydrogens (tertiary/aromatic N) is 4. The molecular formula is C24H24ClN5O4. The maximum absolute atomic E-state index is 12.8. The number of anilines is 1. The van der Waals surface area contributed by atoms with E-state index in [-0.39, 0.29) is 30.0 Å². The van der Waals surface area contributed by atoms with Crippen LogP contribution in [0.1, 0.15) is 36.9 Å². The Morgan fingerprint density at radius 3 is 2.38 bits per heavy atom. The highest BCUT2D eigenvalue weighted by atomic mass is 35.5. The second-order valence-corrected chi connectivity index (χ2v) is 8.55. The molecule has 10 heteroatoms. The molecule has 176 valence electrons. The maximum Gasteiger partial charge on any atom is 0.335 e. The molecule has 4 rings (SSSR count). The molecule has 1 amide bonds. The van der Waals surface area contributed by atoms with Crippen LogP contribution >= 0.6 is 11.6 Å². The van der Waals surface area contributed by atoms with E-state index in [1.165, 1.54) is 5.01 Å². The van der Waals surface area contributed by atoms with Gasteiger partial charge in [-0.1, -0.05) is 30.7 Å². The van der Waals surface area contributed by atoms with Crippen LogP contribution in [-0.2, 0) is 4.79 Å². The van der Waals surface area contributed by atoms with Gasteiger partial charge in [-0.25, -0.2) is 14.4 Å². The number of H-pyrrole nitrogens is 1. The number of halogens is 1.